The van der Waals surface area contributed by atoms with Crippen molar-refractivity contribution in [2.45, 2.75) is 24.7 Å². The Kier molecular flexibility index (Phi) is 5.18. The first-order valence-corrected chi connectivity index (χ1v) is 11.5. The van der Waals surface area contributed by atoms with Crippen molar-refractivity contribution in [3.05, 3.63) is 53.5 Å². The lowest BCUT2D eigenvalue weighted by Gasteiger charge is -2.31. The predicted molar refractivity (Wildman–Crippen MR) is 111 cm³/mol. The van der Waals surface area contributed by atoms with E-state index >= 15 is 0 Å². The fraction of sp³-hybridized carbons (Fsp3) is 0.300. The zero-order chi connectivity index (χ0) is 19.7. The average Bonchev–Trinajstić information content (AvgIpc) is 3.16. The van der Waals surface area contributed by atoms with E-state index in [1.54, 1.807) is 42.0 Å². The SMILES string of the molecule is Cc1ccccc1S(=O)(=O)N1CCC(C(=O)Nc2ccc3scnc3c2)CC1. The number of piperidine rings is 1. The second-order valence-corrected chi connectivity index (χ2v) is 9.76. The molecule has 1 aliphatic heterocycles. The summed E-state index contributed by atoms with van der Waals surface area (Å²) in [6.07, 6.45) is 1.02. The Morgan fingerprint density at radius 2 is 1.93 bits per heavy atom. The number of fused-ring (bicyclic) bond motifs is 1. The van der Waals surface area contributed by atoms with Crippen LogP contribution in [0.2, 0.25) is 0 Å². The van der Waals surface area contributed by atoms with E-state index in [1.807, 2.05) is 24.3 Å². The largest absolute Gasteiger partial charge is 0.326 e. The molecule has 0 spiro atoms. The number of nitrogens with one attached hydrogen (secondary N) is 1. The zero-order valence-corrected chi connectivity index (χ0v) is 17.1. The lowest BCUT2D eigenvalue weighted by Crippen LogP contribution is -2.41. The number of anilines is 1. The molecule has 0 saturated carbocycles. The molecule has 1 aliphatic rings. The van der Waals surface area contributed by atoms with Crippen LogP contribution in [0.15, 0.2) is 52.9 Å². The van der Waals surface area contributed by atoms with Gasteiger partial charge in [0.15, 0.2) is 0 Å². The molecule has 2 aromatic carbocycles. The molecule has 1 fully saturated rings. The van der Waals surface area contributed by atoms with Gasteiger partial charge >= 0.3 is 0 Å². The Bertz CT molecular complexity index is 1120. The highest BCUT2D eigenvalue weighted by Gasteiger charge is 2.32. The smallest absolute Gasteiger partial charge is 0.243 e. The normalized spacial score (nSPS) is 16.3. The topological polar surface area (TPSA) is 79.4 Å². The molecule has 1 N–H and O–H groups in total. The number of sulfonamides is 1. The summed E-state index contributed by atoms with van der Waals surface area (Å²) in [6, 6.07) is 12.7. The molecule has 8 heteroatoms. The first kappa shape index (κ1) is 19.0. The zero-order valence-electron chi connectivity index (χ0n) is 15.5. The van der Waals surface area contributed by atoms with Gasteiger partial charge in [0.2, 0.25) is 15.9 Å². The number of carbonyl (C=O) groups excluding carboxylic acids is 1. The van der Waals surface area contributed by atoms with Crippen LogP contribution >= 0.6 is 11.3 Å². The lowest BCUT2D eigenvalue weighted by molar-refractivity contribution is -0.120. The molecule has 0 unspecified atom stereocenters. The van der Waals surface area contributed by atoms with Crippen LogP contribution in [0.5, 0.6) is 0 Å². The molecule has 0 aliphatic carbocycles. The van der Waals surface area contributed by atoms with Crippen molar-refractivity contribution in [2.24, 2.45) is 5.92 Å². The van der Waals surface area contributed by atoms with Crippen molar-refractivity contribution in [1.82, 2.24) is 9.29 Å². The molecular weight excluding hydrogens is 394 g/mol. The van der Waals surface area contributed by atoms with Gasteiger partial charge in [-0.25, -0.2) is 13.4 Å². The van der Waals surface area contributed by atoms with Crippen LogP contribution in [0.25, 0.3) is 10.2 Å². The number of aryl methyl sites for hydroxylation is 1. The van der Waals surface area contributed by atoms with E-state index in [0.717, 1.165) is 21.5 Å². The fourth-order valence-electron chi connectivity index (χ4n) is 3.52. The van der Waals surface area contributed by atoms with Crippen molar-refractivity contribution < 1.29 is 13.2 Å². The third kappa shape index (κ3) is 3.67. The summed E-state index contributed by atoms with van der Waals surface area (Å²) in [5.74, 6) is -0.267. The minimum absolute atomic E-state index is 0.0671. The third-order valence-electron chi connectivity index (χ3n) is 5.13. The van der Waals surface area contributed by atoms with Crippen LogP contribution in [0.4, 0.5) is 5.69 Å². The monoisotopic (exact) mass is 415 g/mol. The summed E-state index contributed by atoms with van der Waals surface area (Å²) in [5, 5.41) is 2.95. The average molecular weight is 416 g/mol. The van der Waals surface area contributed by atoms with E-state index in [-0.39, 0.29) is 11.8 Å². The van der Waals surface area contributed by atoms with Gasteiger partial charge in [-0.15, -0.1) is 11.3 Å². The molecular formula is C20H21N3O3S2. The summed E-state index contributed by atoms with van der Waals surface area (Å²) in [6.45, 7) is 2.49. The molecule has 1 saturated heterocycles. The maximum atomic E-state index is 12.9. The van der Waals surface area contributed by atoms with Crippen molar-refractivity contribution in [2.75, 3.05) is 18.4 Å². The first-order valence-electron chi connectivity index (χ1n) is 9.15. The van der Waals surface area contributed by atoms with Crippen LogP contribution < -0.4 is 5.32 Å². The van der Waals surface area contributed by atoms with E-state index in [9.17, 15) is 13.2 Å². The number of thiazole rings is 1. The van der Waals surface area contributed by atoms with Gasteiger partial charge in [-0.1, -0.05) is 18.2 Å². The van der Waals surface area contributed by atoms with Gasteiger partial charge in [0.25, 0.3) is 0 Å². The molecule has 2 heterocycles. The van der Waals surface area contributed by atoms with E-state index in [2.05, 4.69) is 10.3 Å². The number of hydrogen-bond donors (Lipinski definition) is 1. The van der Waals surface area contributed by atoms with Crippen molar-refractivity contribution in [3.63, 3.8) is 0 Å². The van der Waals surface area contributed by atoms with E-state index in [4.69, 9.17) is 0 Å². The Morgan fingerprint density at radius 3 is 2.68 bits per heavy atom. The summed E-state index contributed by atoms with van der Waals surface area (Å²) in [7, 11) is -3.52. The second-order valence-electron chi connectivity index (χ2n) is 6.97. The number of nitrogens with zero attached hydrogens (tertiary/aromatic N) is 2. The molecule has 28 heavy (non-hydrogen) atoms. The molecule has 1 aromatic heterocycles. The number of amides is 1. The van der Waals surface area contributed by atoms with Crippen LogP contribution in [0.3, 0.4) is 0 Å². The molecule has 3 aromatic rings. The number of benzene rings is 2. The Hall–Kier alpha value is -2.29. The van der Waals surface area contributed by atoms with Gasteiger partial charge in [-0.3, -0.25) is 4.79 Å². The highest BCUT2D eigenvalue weighted by Crippen LogP contribution is 2.27. The molecule has 1 amide bonds. The molecule has 146 valence electrons. The van der Waals surface area contributed by atoms with E-state index in [0.29, 0.717) is 30.8 Å². The van der Waals surface area contributed by atoms with Crippen molar-refractivity contribution in [1.29, 1.82) is 0 Å². The standard InChI is InChI=1S/C20H21N3O3S2/c1-14-4-2-3-5-19(14)28(25,26)23-10-8-15(9-11-23)20(24)22-16-6-7-18-17(12-16)21-13-27-18/h2-7,12-13,15H,8-11H2,1H3,(H,22,24). The van der Waals surface area contributed by atoms with Gasteiger partial charge in [-0.2, -0.15) is 4.31 Å². The maximum Gasteiger partial charge on any atom is 0.243 e. The minimum Gasteiger partial charge on any atom is -0.326 e. The van der Waals surface area contributed by atoms with Crippen molar-refractivity contribution in [3.8, 4) is 0 Å². The summed E-state index contributed by atoms with van der Waals surface area (Å²) in [4.78, 5) is 17.2. The molecule has 0 atom stereocenters. The van der Waals surface area contributed by atoms with Gasteiger partial charge < -0.3 is 5.32 Å². The number of rotatable bonds is 4. The van der Waals surface area contributed by atoms with E-state index < -0.39 is 10.0 Å². The van der Waals surface area contributed by atoms with Crippen LogP contribution in [-0.2, 0) is 14.8 Å². The van der Waals surface area contributed by atoms with Crippen LogP contribution in [0, 0.1) is 12.8 Å². The van der Waals surface area contributed by atoms with E-state index in [1.165, 1.54) is 4.31 Å². The van der Waals surface area contributed by atoms with Gasteiger partial charge in [-0.05, 0) is 49.6 Å². The molecule has 0 radical (unpaired) electrons. The van der Waals surface area contributed by atoms with Gasteiger partial charge in [0.1, 0.15) is 0 Å². The molecule has 4 rings (SSSR count). The Balaban J connectivity index is 1.40. The minimum atomic E-state index is -3.52. The third-order valence-corrected chi connectivity index (χ3v) is 8.00. The number of hydrogen-bond acceptors (Lipinski definition) is 5. The van der Waals surface area contributed by atoms with Crippen LogP contribution in [-0.4, -0.2) is 36.7 Å². The lowest BCUT2D eigenvalue weighted by atomic mass is 9.97. The quantitative estimate of drug-likeness (QED) is 0.705. The summed E-state index contributed by atoms with van der Waals surface area (Å²) in [5.41, 5.74) is 4.10. The van der Waals surface area contributed by atoms with Crippen LogP contribution in [0.1, 0.15) is 18.4 Å². The van der Waals surface area contributed by atoms with Gasteiger partial charge in [0, 0.05) is 24.7 Å². The maximum absolute atomic E-state index is 12.9. The molecule has 0 bridgehead atoms. The number of carbonyl (C=O) groups is 1. The summed E-state index contributed by atoms with van der Waals surface area (Å²) < 4.78 is 28.4. The van der Waals surface area contributed by atoms with Gasteiger partial charge in [0.05, 0.1) is 20.6 Å². The number of aromatic nitrogens is 1. The fourth-order valence-corrected chi connectivity index (χ4v) is 5.88. The van der Waals surface area contributed by atoms with Crippen molar-refractivity contribution >= 4 is 43.2 Å². The predicted octanol–water partition coefficient (Wildman–Crippen LogP) is 3.64. The highest BCUT2D eigenvalue weighted by atomic mass is 32.2. The molecule has 6 nitrogen and oxygen atoms in total. The highest BCUT2D eigenvalue weighted by molar-refractivity contribution is 7.89. The Labute approximate surface area is 168 Å². The second kappa shape index (κ2) is 7.62. The summed E-state index contributed by atoms with van der Waals surface area (Å²) >= 11 is 1.56. The Morgan fingerprint density at radius 1 is 1.18 bits per heavy atom. The first-order chi connectivity index (χ1) is 13.4.